The van der Waals surface area contributed by atoms with Crippen LogP contribution in [-0.2, 0) is 0 Å². The molecule has 3 aromatic rings. The van der Waals surface area contributed by atoms with Gasteiger partial charge in [-0.3, -0.25) is 4.79 Å². The Balaban J connectivity index is 1.87. The first-order valence-corrected chi connectivity index (χ1v) is 7.00. The summed E-state index contributed by atoms with van der Waals surface area (Å²) in [5, 5.41) is 3.12. The van der Waals surface area contributed by atoms with Gasteiger partial charge >= 0.3 is 0 Å². The van der Waals surface area contributed by atoms with Crippen LogP contribution in [0.1, 0.15) is 10.4 Å². The number of amides is 1. The Hall–Kier alpha value is -2.60. The number of hydrogen-bond acceptors (Lipinski definition) is 4. The molecule has 22 heavy (non-hydrogen) atoms. The van der Waals surface area contributed by atoms with Crippen LogP contribution in [0.25, 0.3) is 11.0 Å². The summed E-state index contributed by atoms with van der Waals surface area (Å²) in [6.07, 6.45) is 1.61. The van der Waals surface area contributed by atoms with E-state index in [1.165, 1.54) is 0 Å². The first-order valence-electron chi connectivity index (χ1n) is 6.62. The zero-order chi connectivity index (χ0) is 15.7. The third-order valence-corrected chi connectivity index (χ3v) is 3.37. The number of benzene rings is 1. The van der Waals surface area contributed by atoms with Gasteiger partial charge in [-0.1, -0.05) is 11.6 Å². The van der Waals surface area contributed by atoms with Crippen LogP contribution in [-0.4, -0.2) is 35.0 Å². The first kappa shape index (κ1) is 14.3. The van der Waals surface area contributed by atoms with Crippen molar-refractivity contribution in [2.45, 2.75) is 0 Å². The summed E-state index contributed by atoms with van der Waals surface area (Å²) in [7, 11) is 3.68. The summed E-state index contributed by atoms with van der Waals surface area (Å²) in [5.74, 6) is 0.382. The average Bonchev–Trinajstić information content (AvgIpc) is 2.94. The van der Waals surface area contributed by atoms with Crippen molar-refractivity contribution in [3.8, 4) is 0 Å². The number of H-pyrrole nitrogens is 1. The molecule has 1 amide bonds. The van der Waals surface area contributed by atoms with Crippen molar-refractivity contribution in [1.29, 1.82) is 0 Å². The molecule has 0 aliphatic carbocycles. The predicted octanol–water partition coefficient (Wildman–Crippen LogP) is 2.93. The van der Waals surface area contributed by atoms with Crippen LogP contribution in [0.2, 0.25) is 5.15 Å². The van der Waals surface area contributed by atoms with Gasteiger partial charge in [0.25, 0.3) is 5.91 Å². The van der Waals surface area contributed by atoms with Crippen LogP contribution >= 0.6 is 11.6 Å². The maximum absolute atomic E-state index is 12.4. The molecule has 2 heterocycles. The number of imidazole rings is 1. The lowest BCUT2D eigenvalue weighted by Crippen LogP contribution is -2.15. The van der Waals surface area contributed by atoms with E-state index in [9.17, 15) is 4.79 Å². The Morgan fingerprint density at radius 2 is 2.09 bits per heavy atom. The van der Waals surface area contributed by atoms with E-state index in [0.717, 1.165) is 11.0 Å². The van der Waals surface area contributed by atoms with Crippen molar-refractivity contribution < 1.29 is 4.79 Å². The number of anilines is 2. The highest BCUT2D eigenvalue weighted by Crippen LogP contribution is 2.19. The minimum absolute atomic E-state index is 0.244. The van der Waals surface area contributed by atoms with Gasteiger partial charge in [0.05, 0.1) is 17.4 Å². The number of aromatic nitrogens is 3. The van der Waals surface area contributed by atoms with E-state index in [1.54, 1.807) is 29.4 Å². The smallest absolute Gasteiger partial charge is 0.255 e. The van der Waals surface area contributed by atoms with Gasteiger partial charge in [-0.25, -0.2) is 9.97 Å². The maximum atomic E-state index is 12.4. The number of carbonyl (C=O) groups is 1. The monoisotopic (exact) mass is 315 g/mol. The molecule has 0 spiro atoms. The Labute approximate surface area is 132 Å². The van der Waals surface area contributed by atoms with Gasteiger partial charge in [-0.2, -0.15) is 0 Å². The SMILES string of the molecule is CN(C)c1cc(C(=O)Nc2ccc3nc[nH]c3c2)cc(Cl)n1. The molecule has 0 unspecified atom stereocenters. The van der Waals surface area contributed by atoms with Crippen molar-refractivity contribution >= 4 is 40.0 Å². The van der Waals surface area contributed by atoms with Crippen molar-refractivity contribution in [1.82, 2.24) is 15.0 Å². The number of aromatic amines is 1. The number of nitrogens with one attached hydrogen (secondary N) is 2. The molecule has 7 heteroatoms. The number of pyridine rings is 1. The quantitative estimate of drug-likeness (QED) is 0.729. The van der Waals surface area contributed by atoms with E-state index < -0.39 is 0 Å². The van der Waals surface area contributed by atoms with Crippen LogP contribution in [0, 0.1) is 0 Å². The van der Waals surface area contributed by atoms with Crippen LogP contribution in [0.5, 0.6) is 0 Å². The van der Waals surface area contributed by atoms with Crippen LogP contribution in [0.3, 0.4) is 0 Å². The molecule has 1 aromatic carbocycles. The zero-order valence-corrected chi connectivity index (χ0v) is 12.8. The van der Waals surface area contributed by atoms with Crippen molar-refractivity contribution in [3.63, 3.8) is 0 Å². The van der Waals surface area contributed by atoms with E-state index in [1.807, 2.05) is 26.2 Å². The molecule has 112 valence electrons. The number of rotatable bonds is 3. The first-order chi connectivity index (χ1) is 10.5. The third-order valence-electron chi connectivity index (χ3n) is 3.18. The van der Waals surface area contributed by atoms with Crippen molar-refractivity contribution in [2.24, 2.45) is 0 Å². The predicted molar refractivity (Wildman–Crippen MR) is 87.6 cm³/mol. The number of fused-ring (bicyclic) bond motifs is 1. The zero-order valence-electron chi connectivity index (χ0n) is 12.1. The summed E-state index contributed by atoms with van der Waals surface area (Å²) >= 11 is 5.97. The molecule has 0 saturated carbocycles. The molecular weight excluding hydrogens is 302 g/mol. The molecule has 0 atom stereocenters. The molecule has 2 aromatic heterocycles. The molecule has 0 saturated heterocycles. The minimum atomic E-state index is -0.244. The lowest BCUT2D eigenvalue weighted by atomic mass is 10.2. The van der Waals surface area contributed by atoms with Gasteiger partial charge in [0.2, 0.25) is 0 Å². The van der Waals surface area contributed by atoms with Gasteiger partial charge in [0, 0.05) is 25.3 Å². The van der Waals surface area contributed by atoms with Crippen molar-refractivity contribution in [2.75, 3.05) is 24.3 Å². The number of halogens is 1. The summed E-state index contributed by atoms with van der Waals surface area (Å²) in [6, 6.07) is 8.70. The third kappa shape index (κ3) is 2.87. The molecular formula is C15H14ClN5O. The van der Waals surface area contributed by atoms with E-state index >= 15 is 0 Å². The van der Waals surface area contributed by atoms with E-state index in [-0.39, 0.29) is 11.1 Å². The minimum Gasteiger partial charge on any atom is -0.363 e. The second-order valence-corrected chi connectivity index (χ2v) is 5.41. The molecule has 0 radical (unpaired) electrons. The van der Waals surface area contributed by atoms with Crippen LogP contribution in [0.4, 0.5) is 11.5 Å². The van der Waals surface area contributed by atoms with Gasteiger partial charge in [-0.05, 0) is 30.3 Å². The highest BCUT2D eigenvalue weighted by Gasteiger charge is 2.11. The molecule has 0 bridgehead atoms. The Morgan fingerprint density at radius 3 is 2.86 bits per heavy atom. The van der Waals surface area contributed by atoms with E-state index in [0.29, 0.717) is 17.1 Å². The average molecular weight is 316 g/mol. The Bertz CT molecular complexity index is 843. The molecule has 2 N–H and O–H groups in total. The van der Waals surface area contributed by atoms with Gasteiger partial charge < -0.3 is 15.2 Å². The fourth-order valence-corrected chi connectivity index (χ4v) is 2.26. The van der Waals surface area contributed by atoms with Gasteiger partial charge in [-0.15, -0.1) is 0 Å². The second-order valence-electron chi connectivity index (χ2n) is 5.02. The number of carbonyl (C=O) groups excluding carboxylic acids is 1. The van der Waals surface area contributed by atoms with Gasteiger partial charge in [0.15, 0.2) is 0 Å². The molecule has 6 nitrogen and oxygen atoms in total. The summed E-state index contributed by atoms with van der Waals surface area (Å²) in [5.41, 5.74) is 2.84. The Kier molecular flexibility index (Phi) is 3.68. The summed E-state index contributed by atoms with van der Waals surface area (Å²) in [4.78, 5) is 25.5. The largest absolute Gasteiger partial charge is 0.363 e. The lowest BCUT2D eigenvalue weighted by molar-refractivity contribution is 0.102. The van der Waals surface area contributed by atoms with E-state index in [4.69, 9.17) is 11.6 Å². The lowest BCUT2D eigenvalue weighted by Gasteiger charge is -2.13. The topological polar surface area (TPSA) is 73.9 Å². The van der Waals surface area contributed by atoms with Crippen LogP contribution in [0.15, 0.2) is 36.7 Å². The van der Waals surface area contributed by atoms with E-state index in [2.05, 4.69) is 20.3 Å². The summed E-state index contributed by atoms with van der Waals surface area (Å²) in [6.45, 7) is 0. The normalized spacial score (nSPS) is 10.7. The molecule has 0 aliphatic rings. The highest BCUT2D eigenvalue weighted by molar-refractivity contribution is 6.30. The van der Waals surface area contributed by atoms with Gasteiger partial charge in [0.1, 0.15) is 11.0 Å². The molecule has 0 fully saturated rings. The standard InChI is InChI=1S/C15H14ClN5O/c1-21(2)14-6-9(5-13(16)20-14)15(22)19-10-3-4-11-12(7-10)18-8-17-11/h3-8H,1-2H3,(H,17,18)(H,19,22). The number of hydrogen-bond donors (Lipinski definition) is 2. The molecule has 3 rings (SSSR count). The summed E-state index contributed by atoms with van der Waals surface area (Å²) < 4.78 is 0. The van der Waals surface area contributed by atoms with Crippen molar-refractivity contribution in [3.05, 3.63) is 47.4 Å². The second kappa shape index (κ2) is 5.65. The Morgan fingerprint density at radius 1 is 1.27 bits per heavy atom. The molecule has 0 aliphatic heterocycles. The highest BCUT2D eigenvalue weighted by atomic mass is 35.5. The maximum Gasteiger partial charge on any atom is 0.255 e. The fraction of sp³-hybridized carbons (Fsp3) is 0.133. The number of nitrogens with zero attached hydrogens (tertiary/aromatic N) is 3. The fourth-order valence-electron chi connectivity index (χ4n) is 2.06. The van der Waals surface area contributed by atoms with Crippen LogP contribution < -0.4 is 10.2 Å².